The maximum Gasteiger partial charge on any atom is 0.258 e. The van der Waals surface area contributed by atoms with E-state index in [1.807, 2.05) is 20.8 Å². The van der Waals surface area contributed by atoms with E-state index in [1.54, 1.807) is 18.2 Å². The van der Waals surface area contributed by atoms with Crippen LogP contribution in [0.5, 0.6) is 5.75 Å². The number of nitrogens with two attached hydrogens (primary N) is 1. The minimum Gasteiger partial charge on any atom is -0.483 e. The number of carbonyl (C=O) groups is 2. The normalized spacial score (nSPS) is 11.0. The van der Waals surface area contributed by atoms with Crippen molar-refractivity contribution in [2.45, 2.75) is 39.7 Å². The lowest BCUT2D eigenvalue weighted by Gasteiger charge is -2.24. The van der Waals surface area contributed by atoms with Crippen LogP contribution in [0, 0.1) is 0 Å². The van der Waals surface area contributed by atoms with E-state index in [2.05, 4.69) is 5.32 Å². The van der Waals surface area contributed by atoms with Gasteiger partial charge in [0, 0.05) is 11.2 Å². The number of benzene rings is 1. The average molecular weight is 278 g/mol. The van der Waals surface area contributed by atoms with Crippen molar-refractivity contribution in [1.82, 2.24) is 5.32 Å². The highest BCUT2D eigenvalue weighted by Crippen LogP contribution is 2.22. The third-order valence-corrected chi connectivity index (χ3v) is 3.10. The van der Waals surface area contributed by atoms with Gasteiger partial charge in [0.05, 0.1) is 5.56 Å². The predicted octanol–water partition coefficient (Wildman–Crippen LogP) is 2.16. The second-order valence-corrected chi connectivity index (χ2v) is 5.39. The molecule has 0 aliphatic rings. The monoisotopic (exact) mass is 278 g/mol. The quantitative estimate of drug-likeness (QED) is 0.617. The third kappa shape index (κ3) is 4.57. The Morgan fingerprint density at radius 3 is 2.55 bits per heavy atom. The van der Waals surface area contributed by atoms with Gasteiger partial charge in [-0.1, -0.05) is 6.92 Å². The van der Waals surface area contributed by atoms with E-state index in [0.29, 0.717) is 17.0 Å². The number of nitrogens with one attached hydrogen (secondary N) is 1. The van der Waals surface area contributed by atoms with Crippen molar-refractivity contribution in [2.75, 3.05) is 12.3 Å². The molecule has 1 aromatic carbocycles. The van der Waals surface area contributed by atoms with E-state index in [4.69, 9.17) is 10.5 Å². The minimum atomic E-state index is -0.273. The highest BCUT2D eigenvalue weighted by molar-refractivity contribution is 5.97. The van der Waals surface area contributed by atoms with E-state index in [0.717, 1.165) is 6.42 Å². The van der Waals surface area contributed by atoms with Crippen LogP contribution in [0.1, 0.15) is 44.5 Å². The van der Waals surface area contributed by atoms with Gasteiger partial charge >= 0.3 is 0 Å². The van der Waals surface area contributed by atoms with Gasteiger partial charge in [0.25, 0.3) is 5.91 Å². The molecule has 0 fully saturated rings. The van der Waals surface area contributed by atoms with Crippen molar-refractivity contribution < 1.29 is 14.3 Å². The molecule has 0 heterocycles. The Kier molecular flexibility index (Phi) is 5.13. The molecule has 0 aromatic heterocycles. The number of amides is 1. The number of Topliss-reactive ketones (excluding diaryl/α,β-unsaturated/α-hetero) is 1. The first-order valence-corrected chi connectivity index (χ1v) is 6.59. The van der Waals surface area contributed by atoms with Crippen LogP contribution in [0.4, 0.5) is 5.69 Å². The summed E-state index contributed by atoms with van der Waals surface area (Å²) in [6.07, 6.45) is 0.819. The van der Waals surface area contributed by atoms with Gasteiger partial charge < -0.3 is 15.8 Å². The van der Waals surface area contributed by atoms with Crippen LogP contribution < -0.4 is 15.8 Å². The Morgan fingerprint density at radius 2 is 2.00 bits per heavy atom. The van der Waals surface area contributed by atoms with Gasteiger partial charge in [-0.15, -0.1) is 0 Å². The van der Waals surface area contributed by atoms with E-state index < -0.39 is 0 Å². The Morgan fingerprint density at radius 1 is 1.35 bits per heavy atom. The summed E-state index contributed by atoms with van der Waals surface area (Å²) in [7, 11) is 0. The lowest BCUT2D eigenvalue weighted by atomic mass is 10.0. The molecule has 1 amide bonds. The Hall–Kier alpha value is -2.04. The molecule has 1 rings (SSSR count). The van der Waals surface area contributed by atoms with Gasteiger partial charge in [-0.3, -0.25) is 9.59 Å². The Balaban J connectivity index is 2.71. The van der Waals surface area contributed by atoms with Gasteiger partial charge in [0.15, 0.2) is 12.4 Å². The van der Waals surface area contributed by atoms with Crippen LogP contribution in [-0.2, 0) is 4.79 Å². The first kappa shape index (κ1) is 16.0. The fourth-order valence-corrected chi connectivity index (χ4v) is 1.59. The molecule has 5 nitrogen and oxygen atoms in total. The maximum atomic E-state index is 11.8. The van der Waals surface area contributed by atoms with Gasteiger partial charge in [-0.25, -0.2) is 0 Å². The van der Waals surface area contributed by atoms with E-state index in [1.165, 1.54) is 6.92 Å². The van der Waals surface area contributed by atoms with Gasteiger partial charge in [-0.05, 0) is 45.4 Å². The van der Waals surface area contributed by atoms with Gasteiger partial charge in [0.2, 0.25) is 0 Å². The number of ether oxygens (including phenoxy) is 1. The van der Waals surface area contributed by atoms with Crippen LogP contribution >= 0.6 is 0 Å². The summed E-state index contributed by atoms with van der Waals surface area (Å²) in [4.78, 5) is 23.3. The van der Waals surface area contributed by atoms with Crippen LogP contribution in [0.3, 0.4) is 0 Å². The van der Waals surface area contributed by atoms with E-state index in [-0.39, 0.29) is 23.8 Å². The summed E-state index contributed by atoms with van der Waals surface area (Å²) in [6.45, 7) is 7.18. The lowest BCUT2D eigenvalue weighted by molar-refractivity contribution is -0.124. The molecule has 0 aliphatic carbocycles. The summed E-state index contributed by atoms with van der Waals surface area (Å²) in [5, 5.41) is 2.86. The SMILES string of the molecule is CCC(C)(C)NC(=O)COc1ccc(N)cc1C(C)=O. The fraction of sp³-hybridized carbons (Fsp3) is 0.467. The number of ketones is 1. The number of carbonyl (C=O) groups excluding carboxylic acids is 2. The first-order valence-electron chi connectivity index (χ1n) is 6.59. The highest BCUT2D eigenvalue weighted by Gasteiger charge is 2.18. The van der Waals surface area contributed by atoms with Crippen LogP contribution in [0.2, 0.25) is 0 Å². The van der Waals surface area contributed by atoms with Crippen LogP contribution in [-0.4, -0.2) is 23.8 Å². The summed E-state index contributed by atoms with van der Waals surface area (Å²) >= 11 is 0. The number of nitrogen functional groups attached to an aromatic ring is 1. The Bertz CT molecular complexity index is 510. The van der Waals surface area contributed by atoms with E-state index >= 15 is 0 Å². The molecule has 3 N–H and O–H groups in total. The molecule has 110 valence electrons. The fourth-order valence-electron chi connectivity index (χ4n) is 1.59. The van der Waals surface area contributed by atoms with Crippen molar-refractivity contribution in [1.29, 1.82) is 0 Å². The second kappa shape index (κ2) is 6.41. The second-order valence-electron chi connectivity index (χ2n) is 5.39. The predicted molar refractivity (Wildman–Crippen MR) is 78.9 cm³/mol. The van der Waals surface area contributed by atoms with Crippen molar-refractivity contribution >= 4 is 17.4 Å². The Labute approximate surface area is 119 Å². The summed E-state index contributed by atoms with van der Waals surface area (Å²) in [5.74, 6) is 0.000859. The largest absolute Gasteiger partial charge is 0.483 e. The van der Waals surface area contributed by atoms with Gasteiger partial charge in [-0.2, -0.15) is 0 Å². The zero-order chi connectivity index (χ0) is 15.3. The number of anilines is 1. The molecule has 0 radical (unpaired) electrons. The van der Waals surface area contributed by atoms with Crippen molar-refractivity contribution in [2.24, 2.45) is 0 Å². The average Bonchev–Trinajstić information content (AvgIpc) is 2.36. The molecule has 0 atom stereocenters. The number of rotatable bonds is 6. The molecule has 20 heavy (non-hydrogen) atoms. The molecular weight excluding hydrogens is 256 g/mol. The minimum absolute atomic E-state index is 0.131. The third-order valence-electron chi connectivity index (χ3n) is 3.10. The maximum absolute atomic E-state index is 11.8. The molecule has 1 aromatic rings. The smallest absolute Gasteiger partial charge is 0.258 e. The van der Waals surface area contributed by atoms with Crippen molar-refractivity contribution in [3.05, 3.63) is 23.8 Å². The highest BCUT2D eigenvalue weighted by atomic mass is 16.5. The lowest BCUT2D eigenvalue weighted by Crippen LogP contribution is -2.44. The molecule has 0 bridgehead atoms. The number of hydrogen-bond acceptors (Lipinski definition) is 4. The molecule has 0 unspecified atom stereocenters. The molecule has 5 heteroatoms. The topological polar surface area (TPSA) is 81.4 Å². The summed E-state index contributed by atoms with van der Waals surface area (Å²) in [6, 6.07) is 4.78. The molecule has 0 spiro atoms. The van der Waals surface area contributed by atoms with Crippen LogP contribution in [0.25, 0.3) is 0 Å². The summed E-state index contributed by atoms with van der Waals surface area (Å²) in [5.41, 5.74) is 6.23. The molecule has 0 aliphatic heterocycles. The first-order chi connectivity index (χ1) is 9.25. The molecule has 0 saturated heterocycles. The van der Waals surface area contributed by atoms with Crippen molar-refractivity contribution in [3.8, 4) is 5.75 Å². The van der Waals surface area contributed by atoms with Gasteiger partial charge in [0.1, 0.15) is 5.75 Å². The summed E-state index contributed by atoms with van der Waals surface area (Å²) < 4.78 is 5.42. The molecule has 0 saturated carbocycles. The molecular formula is C15H22N2O3. The van der Waals surface area contributed by atoms with E-state index in [9.17, 15) is 9.59 Å². The van der Waals surface area contributed by atoms with Crippen molar-refractivity contribution in [3.63, 3.8) is 0 Å². The zero-order valence-electron chi connectivity index (χ0n) is 12.4. The van der Waals surface area contributed by atoms with Crippen LogP contribution in [0.15, 0.2) is 18.2 Å². The number of hydrogen-bond donors (Lipinski definition) is 2. The zero-order valence-corrected chi connectivity index (χ0v) is 12.4. The standard InChI is InChI=1S/C15H22N2O3/c1-5-15(3,4)17-14(19)9-20-13-7-6-11(16)8-12(13)10(2)18/h6-8H,5,9,16H2,1-4H3,(H,17,19).